The fraction of sp³-hybridized carbons (Fsp3) is 0.556. The second kappa shape index (κ2) is 9.89. The predicted octanol–water partition coefficient (Wildman–Crippen LogP) is 0.809. The summed E-state index contributed by atoms with van der Waals surface area (Å²) in [5.41, 5.74) is -0.603. The molecule has 10 nitrogen and oxygen atoms in total. The highest BCUT2D eigenvalue weighted by Gasteiger charge is 2.47. The number of pyridine rings is 1. The van der Waals surface area contributed by atoms with Crippen LogP contribution in [0.1, 0.15) is 87.5 Å². The molecule has 3 heterocycles. The van der Waals surface area contributed by atoms with Crippen LogP contribution >= 0.6 is 0 Å². The van der Waals surface area contributed by atoms with Crippen molar-refractivity contribution in [3.63, 3.8) is 0 Å². The molecule has 4 rings (SSSR count). The molecule has 0 aromatic carbocycles. The lowest BCUT2D eigenvalue weighted by molar-refractivity contribution is -0.187. The number of carbonyl (C=O) groups excluding carboxylic acids is 1. The molecule has 1 amide bonds. The number of anilines is 1. The highest BCUT2D eigenvalue weighted by atomic mass is 16.5. The molecule has 1 aliphatic heterocycles. The minimum atomic E-state index is -1.34. The normalized spacial score (nSPS) is 30.0. The molecule has 1 saturated heterocycles. The van der Waals surface area contributed by atoms with Gasteiger partial charge in [0.15, 0.2) is 11.5 Å². The molecule has 206 valence electrons. The lowest BCUT2D eigenvalue weighted by Crippen LogP contribution is -2.49. The third-order valence-corrected chi connectivity index (χ3v) is 7.88. The minimum absolute atomic E-state index is 0.0336. The number of imidazole rings is 1. The molecular weight excluding hydrogens is 496 g/mol. The Labute approximate surface area is 230 Å². The number of ether oxygens (including phenoxy) is 1. The van der Waals surface area contributed by atoms with Gasteiger partial charge in [0.1, 0.15) is 21.8 Å². The van der Waals surface area contributed by atoms with E-state index in [1.54, 1.807) is 21.8 Å². The van der Waals surface area contributed by atoms with Gasteiger partial charge in [0.2, 0.25) is 0 Å². The van der Waals surface area contributed by atoms with Gasteiger partial charge >= 0.3 is 0 Å². The van der Waals surface area contributed by atoms with Gasteiger partial charge in [0.05, 0.1) is 40.8 Å². The summed E-state index contributed by atoms with van der Waals surface area (Å²) in [7, 11) is 3.48. The number of nitrogens with one attached hydrogen (secondary N) is 2. The third kappa shape index (κ3) is 5.68. The molecule has 0 radical (unpaired) electrons. The van der Waals surface area contributed by atoms with Crippen molar-refractivity contribution in [3.8, 4) is 6.07 Å². The van der Waals surface area contributed by atoms with Gasteiger partial charge in [-0.2, -0.15) is 5.26 Å². The number of amides is 1. The van der Waals surface area contributed by atoms with Gasteiger partial charge in [-0.1, -0.05) is 19.3 Å². The second-order valence-electron chi connectivity index (χ2n) is 12.8. The number of nitrogens with zero attached hydrogens (tertiary/aromatic N) is 3. The summed E-state index contributed by atoms with van der Waals surface area (Å²) in [6.45, 7) is 9.52. The number of hydrogen-bond donors (Lipinski definition) is 5. The van der Waals surface area contributed by atoms with E-state index in [1.807, 2.05) is 46.8 Å². The van der Waals surface area contributed by atoms with Crippen LogP contribution in [0.15, 0.2) is 23.8 Å². The topological polar surface area (TPSA) is 164 Å². The van der Waals surface area contributed by atoms with Crippen LogP contribution in [0.5, 0.6) is 0 Å². The van der Waals surface area contributed by atoms with Crippen LogP contribution in [0.4, 0.5) is 5.69 Å². The summed E-state index contributed by atoms with van der Waals surface area (Å²) >= 11 is 0. The highest BCUT2D eigenvalue weighted by Crippen LogP contribution is 2.48. The van der Waals surface area contributed by atoms with Crippen molar-refractivity contribution in [2.45, 2.75) is 82.6 Å². The molecule has 2 aromatic rings. The van der Waals surface area contributed by atoms with E-state index in [9.17, 15) is 20.1 Å². The summed E-state index contributed by atoms with van der Waals surface area (Å²) in [4.78, 5) is 24.8. The number of rotatable bonds is 5. The van der Waals surface area contributed by atoms with Gasteiger partial charge in [-0.3, -0.25) is 9.78 Å². The molecule has 12 heteroatoms. The Morgan fingerprint density at radius 2 is 1.95 bits per heavy atom. The number of nitriles is 1. The number of aliphatic hydroxyl groups excluding tert-OH is 2. The Kier molecular flexibility index (Phi) is 7.36. The van der Waals surface area contributed by atoms with E-state index in [2.05, 4.69) is 15.3 Å². The molecular formula is C27H37B2N5O5. The van der Waals surface area contributed by atoms with Crippen LogP contribution in [-0.2, 0) is 4.74 Å². The molecule has 39 heavy (non-hydrogen) atoms. The molecule has 5 N–H and O–H groups in total. The number of aliphatic hydroxyl groups is 3. The number of aromatic nitrogens is 3. The summed E-state index contributed by atoms with van der Waals surface area (Å²) in [5.74, 6) is -0.663. The molecule has 2 aromatic heterocycles. The van der Waals surface area contributed by atoms with Crippen LogP contribution in [0.3, 0.4) is 0 Å². The lowest BCUT2D eigenvalue weighted by Gasteiger charge is -2.47. The van der Waals surface area contributed by atoms with Crippen molar-refractivity contribution >= 4 is 32.9 Å². The van der Waals surface area contributed by atoms with E-state index < -0.39 is 34.1 Å². The van der Waals surface area contributed by atoms with Crippen LogP contribution in [0.2, 0.25) is 0 Å². The summed E-state index contributed by atoms with van der Waals surface area (Å²) < 4.78 is 6.18. The van der Waals surface area contributed by atoms with Crippen molar-refractivity contribution in [1.29, 1.82) is 5.26 Å². The number of carbonyl (C=O) groups is 1. The van der Waals surface area contributed by atoms with E-state index >= 15 is 0 Å². The first-order valence-electron chi connectivity index (χ1n) is 13.2. The molecule has 0 spiro atoms. The monoisotopic (exact) mass is 533 g/mol. The average molecular weight is 533 g/mol. The average Bonchev–Trinajstić information content (AvgIpc) is 3.31. The van der Waals surface area contributed by atoms with Gasteiger partial charge in [-0.15, -0.1) is 0 Å². The predicted molar refractivity (Wildman–Crippen MR) is 151 cm³/mol. The zero-order valence-corrected chi connectivity index (χ0v) is 23.7. The van der Waals surface area contributed by atoms with E-state index in [4.69, 9.17) is 15.0 Å². The standard InChI is InChI=1S/C27H37B2N5O5/c1-24(2)12-27(29,38)18(19(28)21(24)36)20-17(34-23(37)22-31-11-15(10-30)32-22)7-6-16(33-20)14-8-25(3,4)39-26(5,9-14)13-35/h6-7,11,14,21,35-36,38H,8-9,12-13,28-29H2,1-5H3,(H,31,32)(H,34,37). The van der Waals surface area contributed by atoms with E-state index in [-0.39, 0.29) is 30.5 Å². The molecule has 1 aliphatic carbocycles. The van der Waals surface area contributed by atoms with E-state index in [1.165, 1.54) is 6.20 Å². The van der Waals surface area contributed by atoms with Gasteiger partial charge in [-0.25, -0.2) is 4.98 Å². The van der Waals surface area contributed by atoms with Crippen molar-refractivity contribution in [2.75, 3.05) is 11.9 Å². The molecule has 0 bridgehead atoms. The van der Waals surface area contributed by atoms with Crippen molar-refractivity contribution in [1.82, 2.24) is 15.0 Å². The van der Waals surface area contributed by atoms with Crippen molar-refractivity contribution in [2.24, 2.45) is 5.41 Å². The molecule has 0 saturated carbocycles. The maximum absolute atomic E-state index is 13.1. The van der Waals surface area contributed by atoms with Crippen LogP contribution < -0.4 is 5.32 Å². The van der Waals surface area contributed by atoms with E-state index in [0.29, 0.717) is 35.3 Å². The Morgan fingerprint density at radius 3 is 2.56 bits per heavy atom. The van der Waals surface area contributed by atoms with Crippen molar-refractivity contribution in [3.05, 3.63) is 46.7 Å². The first-order valence-corrected chi connectivity index (χ1v) is 13.2. The van der Waals surface area contributed by atoms with Crippen molar-refractivity contribution < 1.29 is 24.9 Å². The molecule has 2 aliphatic rings. The minimum Gasteiger partial charge on any atom is -0.394 e. The Balaban J connectivity index is 1.85. The lowest BCUT2D eigenvalue weighted by atomic mass is 9.54. The quantitative estimate of drug-likeness (QED) is 0.353. The zero-order chi connectivity index (χ0) is 29.0. The summed E-state index contributed by atoms with van der Waals surface area (Å²) in [6, 6.07) is 5.46. The second-order valence-corrected chi connectivity index (χ2v) is 12.8. The largest absolute Gasteiger partial charge is 0.394 e. The fourth-order valence-corrected chi connectivity index (χ4v) is 6.57. The smallest absolute Gasteiger partial charge is 0.291 e. The SMILES string of the molecule is BC1=C(c2nc(C3CC(C)(C)OC(C)(CO)C3)ccc2NC(=O)c2nc(C#N)c[nH]2)C(B)(O)CC(C)(C)C1O. The van der Waals surface area contributed by atoms with E-state index in [0.717, 1.165) is 5.69 Å². The number of hydrogen-bond acceptors (Lipinski definition) is 8. The fourth-order valence-electron chi connectivity index (χ4n) is 6.57. The third-order valence-electron chi connectivity index (χ3n) is 7.88. The van der Waals surface area contributed by atoms with Gasteiger partial charge in [-0.05, 0) is 63.2 Å². The maximum atomic E-state index is 13.1. The van der Waals surface area contributed by atoms with Crippen LogP contribution in [0, 0.1) is 16.7 Å². The molecule has 4 atom stereocenters. The first kappa shape index (κ1) is 29.0. The first-order chi connectivity index (χ1) is 18.0. The Bertz CT molecular complexity index is 1360. The van der Waals surface area contributed by atoms with Gasteiger partial charge in [0.25, 0.3) is 5.91 Å². The number of H-pyrrole nitrogens is 1. The Morgan fingerprint density at radius 1 is 1.26 bits per heavy atom. The number of aromatic amines is 1. The molecule has 1 fully saturated rings. The van der Waals surface area contributed by atoms with Crippen LogP contribution in [-0.4, -0.2) is 81.3 Å². The van der Waals surface area contributed by atoms with Gasteiger partial charge < -0.3 is 30.4 Å². The Hall–Kier alpha value is -2.97. The molecule has 4 unspecified atom stereocenters. The van der Waals surface area contributed by atoms with Gasteiger partial charge in [0, 0.05) is 17.8 Å². The zero-order valence-electron chi connectivity index (χ0n) is 23.7. The highest BCUT2D eigenvalue weighted by molar-refractivity contribution is 6.32. The van der Waals surface area contributed by atoms with Crippen LogP contribution in [0.25, 0.3) is 5.57 Å². The summed E-state index contributed by atoms with van der Waals surface area (Å²) in [6.07, 6.45) is 2.00. The summed E-state index contributed by atoms with van der Waals surface area (Å²) in [5, 5.41) is 44.8. The maximum Gasteiger partial charge on any atom is 0.291 e.